The van der Waals surface area contributed by atoms with Crippen molar-refractivity contribution in [3.05, 3.63) is 47.4 Å². The molecule has 28 heavy (non-hydrogen) atoms. The van der Waals surface area contributed by atoms with Crippen molar-refractivity contribution < 1.29 is 4.79 Å². The molecule has 0 aliphatic carbocycles. The summed E-state index contributed by atoms with van der Waals surface area (Å²) in [4.78, 5) is 19.4. The van der Waals surface area contributed by atoms with Gasteiger partial charge in [0.1, 0.15) is 5.82 Å². The molecule has 3 aromatic rings. The van der Waals surface area contributed by atoms with Crippen molar-refractivity contribution >= 4 is 34.4 Å². The molecule has 0 radical (unpaired) electrons. The van der Waals surface area contributed by atoms with E-state index >= 15 is 0 Å². The fourth-order valence-corrected chi connectivity index (χ4v) is 3.84. The zero-order valence-corrected chi connectivity index (χ0v) is 16.6. The number of hydrogen-bond donors (Lipinski definition) is 1. The highest BCUT2D eigenvalue weighted by Crippen LogP contribution is 2.22. The predicted molar refractivity (Wildman–Crippen MR) is 109 cm³/mol. The molecule has 8 heteroatoms. The van der Waals surface area contributed by atoms with E-state index in [4.69, 9.17) is 11.6 Å². The number of amides is 1. The predicted octanol–water partition coefficient (Wildman–Crippen LogP) is 2.59. The minimum absolute atomic E-state index is 0.0494. The van der Waals surface area contributed by atoms with Gasteiger partial charge in [-0.25, -0.2) is 4.98 Å². The highest BCUT2D eigenvalue weighted by Gasteiger charge is 2.26. The van der Waals surface area contributed by atoms with Crippen LogP contribution < -0.4 is 10.2 Å². The average Bonchev–Trinajstić information content (AvgIpc) is 3.04. The maximum absolute atomic E-state index is 12.7. The molecule has 1 aliphatic rings. The Morgan fingerprint density at radius 2 is 2.11 bits per heavy atom. The number of carbonyl (C=O) groups excluding carboxylic acids is 1. The van der Waals surface area contributed by atoms with Crippen LogP contribution in [0.1, 0.15) is 18.7 Å². The van der Waals surface area contributed by atoms with E-state index in [0.29, 0.717) is 24.7 Å². The van der Waals surface area contributed by atoms with Gasteiger partial charge in [0.05, 0.1) is 17.0 Å². The summed E-state index contributed by atoms with van der Waals surface area (Å²) in [7, 11) is 2.01. The highest BCUT2D eigenvalue weighted by atomic mass is 35.5. The Bertz CT molecular complexity index is 970. The summed E-state index contributed by atoms with van der Waals surface area (Å²) in [5.74, 6) is 1.78. The number of carbonyl (C=O) groups is 1. The standard InChI is InChI=1S/C20H23ClN6O/c1-26-16-7-3-2-6-15(16)23-18(26)10-11-22-20(28)14-5-4-12-27(13-14)19-9-8-17(21)24-25-19/h2-3,6-9,14H,4-5,10-13H2,1H3,(H,22,28). The average molecular weight is 399 g/mol. The third-order valence-electron chi connectivity index (χ3n) is 5.26. The summed E-state index contributed by atoms with van der Waals surface area (Å²) in [6.45, 7) is 2.10. The number of nitrogens with one attached hydrogen (secondary N) is 1. The fraction of sp³-hybridized carbons (Fsp3) is 0.400. The van der Waals surface area contributed by atoms with Crippen molar-refractivity contribution in [3.63, 3.8) is 0 Å². The number of benzene rings is 1. The molecular formula is C20H23ClN6O. The van der Waals surface area contributed by atoms with Crippen LogP contribution in [0.15, 0.2) is 36.4 Å². The zero-order valence-electron chi connectivity index (χ0n) is 15.8. The first-order valence-corrected chi connectivity index (χ1v) is 9.92. The molecule has 1 N–H and O–H groups in total. The third kappa shape index (κ3) is 3.94. The van der Waals surface area contributed by atoms with Crippen LogP contribution in [0.2, 0.25) is 5.15 Å². The molecule has 4 rings (SSSR count). The number of hydrogen-bond acceptors (Lipinski definition) is 5. The highest BCUT2D eigenvalue weighted by molar-refractivity contribution is 6.29. The summed E-state index contributed by atoms with van der Waals surface area (Å²) < 4.78 is 2.09. The molecule has 1 amide bonds. The zero-order chi connectivity index (χ0) is 19.5. The topological polar surface area (TPSA) is 75.9 Å². The molecule has 7 nitrogen and oxygen atoms in total. The quantitative estimate of drug-likeness (QED) is 0.714. The lowest BCUT2D eigenvalue weighted by molar-refractivity contribution is -0.125. The van der Waals surface area contributed by atoms with Crippen LogP contribution >= 0.6 is 11.6 Å². The molecule has 2 aromatic heterocycles. The largest absolute Gasteiger partial charge is 0.355 e. The number of rotatable bonds is 5. The number of anilines is 1. The maximum Gasteiger partial charge on any atom is 0.224 e. The molecule has 1 aromatic carbocycles. The van der Waals surface area contributed by atoms with Gasteiger partial charge in [0.25, 0.3) is 0 Å². The Morgan fingerprint density at radius 3 is 2.89 bits per heavy atom. The van der Waals surface area contributed by atoms with Crippen molar-refractivity contribution in [3.8, 4) is 0 Å². The summed E-state index contributed by atoms with van der Waals surface area (Å²) in [6, 6.07) is 11.6. The van der Waals surface area contributed by atoms with E-state index in [1.807, 2.05) is 31.3 Å². The van der Waals surface area contributed by atoms with Gasteiger partial charge in [-0.2, -0.15) is 0 Å². The van der Waals surface area contributed by atoms with Crippen LogP contribution in [-0.4, -0.2) is 45.3 Å². The number of fused-ring (bicyclic) bond motifs is 1. The van der Waals surface area contributed by atoms with Crippen LogP contribution in [-0.2, 0) is 18.3 Å². The fourth-order valence-electron chi connectivity index (χ4n) is 3.74. The van der Waals surface area contributed by atoms with E-state index < -0.39 is 0 Å². The van der Waals surface area contributed by atoms with Gasteiger partial charge in [-0.3, -0.25) is 4.79 Å². The van der Waals surface area contributed by atoms with E-state index in [9.17, 15) is 4.79 Å². The van der Waals surface area contributed by atoms with Crippen LogP contribution in [0, 0.1) is 5.92 Å². The van der Waals surface area contributed by atoms with Gasteiger partial charge in [0, 0.05) is 33.1 Å². The van der Waals surface area contributed by atoms with Crippen molar-refractivity contribution in [2.24, 2.45) is 13.0 Å². The lowest BCUT2D eigenvalue weighted by Crippen LogP contribution is -2.44. The van der Waals surface area contributed by atoms with Crippen LogP contribution in [0.3, 0.4) is 0 Å². The first-order valence-electron chi connectivity index (χ1n) is 9.54. The number of nitrogens with zero attached hydrogens (tertiary/aromatic N) is 5. The van der Waals surface area contributed by atoms with Crippen molar-refractivity contribution in [2.45, 2.75) is 19.3 Å². The van der Waals surface area contributed by atoms with E-state index in [1.165, 1.54) is 0 Å². The van der Waals surface area contributed by atoms with Gasteiger partial charge in [0.2, 0.25) is 5.91 Å². The Morgan fingerprint density at radius 1 is 1.25 bits per heavy atom. The van der Waals surface area contributed by atoms with Gasteiger partial charge in [-0.1, -0.05) is 23.7 Å². The van der Waals surface area contributed by atoms with E-state index in [-0.39, 0.29) is 11.8 Å². The molecule has 1 aliphatic heterocycles. The second-order valence-electron chi connectivity index (χ2n) is 7.12. The number of aromatic nitrogens is 4. The number of para-hydroxylation sites is 2. The SMILES string of the molecule is Cn1c(CCNC(=O)C2CCCN(c3ccc(Cl)nn3)C2)nc2ccccc21. The smallest absolute Gasteiger partial charge is 0.224 e. The molecule has 1 unspecified atom stereocenters. The molecule has 1 fully saturated rings. The van der Waals surface area contributed by atoms with Crippen molar-refractivity contribution in [1.82, 2.24) is 25.1 Å². The number of imidazole rings is 1. The van der Waals surface area contributed by atoms with Crippen LogP contribution in [0.5, 0.6) is 0 Å². The molecule has 3 heterocycles. The maximum atomic E-state index is 12.7. The molecule has 0 bridgehead atoms. The Labute approximate surface area is 168 Å². The van der Waals surface area contributed by atoms with E-state index in [2.05, 4.69) is 36.0 Å². The van der Waals surface area contributed by atoms with Gasteiger partial charge < -0.3 is 14.8 Å². The molecule has 1 saturated heterocycles. The minimum atomic E-state index is -0.0494. The molecule has 146 valence electrons. The summed E-state index contributed by atoms with van der Waals surface area (Å²) in [5.41, 5.74) is 2.09. The first kappa shape index (κ1) is 18.7. The number of halogens is 1. The summed E-state index contributed by atoms with van der Waals surface area (Å²) in [6.07, 6.45) is 2.54. The second-order valence-corrected chi connectivity index (χ2v) is 7.50. The molecule has 0 saturated carbocycles. The van der Waals surface area contributed by atoms with Gasteiger partial charge in [-0.15, -0.1) is 10.2 Å². The van der Waals surface area contributed by atoms with E-state index in [1.54, 1.807) is 6.07 Å². The Kier molecular flexibility index (Phi) is 5.43. The molecule has 0 spiro atoms. The van der Waals surface area contributed by atoms with Gasteiger partial charge in [-0.05, 0) is 37.1 Å². The van der Waals surface area contributed by atoms with Crippen molar-refractivity contribution in [2.75, 3.05) is 24.5 Å². The summed E-state index contributed by atoms with van der Waals surface area (Å²) >= 11 is 5.81. The lowest BCUT2D eigenvalue weighted by Gasteiger charge is -2.32. The monoisotopic (exact) mass is 398 g/mol. The first-order chi connectivity index (χ1) is 13.6. The van der Waals surface area contributed by atoms with Gasteiger partial charge >= 0.3 is 0 Å². The number of piperidine rings is 1. The second kappa shape index (κ2) is 8.14. The Hall–Kier alpha value is -2.67. The summed E-state index contributed by atoms with van der Waals surface area (Å²) in [5, 5.41) is 11.5. The normalized spacial score (nSPS) is 17.1. The lowest BCUT2D eigenvalue weighted by atomic mass is 9.97. The Balaban J connectivity index is 1.33. The van der Waals surface area contributed by atoms with Crippen molar-refractivity contribution in [1.29, 1.82) is 0 Å². The van der Waals surface area contributed by atoms with Crippen LogP contribution in [0.25, 0.3) is 11.0 Å². The van der Waals surface area contributed by atoms with Crippen LogP contribution in [0.4, 0.5) is 5.82 Å². The molecular weight excluding hydrogens is 376 g/mol. The third-order valence-corrected chi connectivity index (χ3v) is 5.46. The van der Waals surface area contributed by atoms with Gasteiger partial charge in [0.15, 0.2) is 11.0 Å². The minimum Gasteiger partial charge on any atom is -0.355 e. The molecule has 1 atom stereocenters. The van der Waals surface area contributed by atoms with E-state index in [0.717, 1.165) is 42.1 Å². The number of aryl methyl sites for hydroxylation is 1.